The molecule has 1 aliphatic rings. The summed E-state index contributed by atoms with van der Waals surface area (Å²) < 4.78 is 38.4. The first kappa shape index (κ1) is 28.4. The Balaban J connectivity index is 1.49. The highest BCUT2D eigenvalue weighted by atomic mass is 32.2. The number of aromatic nitrogens is 1. The summed E-state index contributed by atoms with van der Waals surface area (Å²) in [4.78, 5) is 31.9. The molecule has 2 heterocycles. The predicted octanol–water partition coefficient (Wildman–Crippen LogP) is 3.29. The number of rotatable bonds is 8. The first-order valence-electron chi connectivity index (χ1n) is 12.2. The first-order valence-corrected chi connectivity index (χ1v) is 13.7. The van der Waals surface area contributed by atoms with Crippen molar-refractivity contribution in [2.24, 2.45) is 0 Å². The summed E-state index contributed by atoms with van der Waals surface area (Å²) in [5.74, 6) is -0.493. The molecular weight excluding hydrogens is 496 g/mol. The number of carbonyl (C=O) groups excluding carboxylic acids is 2. The molecule has 1 N–H and O–H groups in total. The third-order valence-corrected chi connectivity index (χ3v) is 7.66. The number of hydrogen-bond acceptors (Lipinski definition) is 8. The summed E-state index contributed by atoms with van der Waals surface area (Å²) in [7, 11) is -2.36. The Bertz CT molecular complexity index is 1170. The minimum Gasteiger partial charge on any atom is -0.465 e. The van der Waals surface area contributed by atoms with E-state index in [0.29, 0.717) is 36.6 Å². The van der Waals surface area contributed by atoms with E-state index < -0.39 is 26.8 Å². The molecule has 1 aromatic heterocycles. The van der Waals surface area contributed by atoms with E-state index in [2.05, 4.69) is 19.3 Å². The largest absolute Gasteiger partial charge is 0.465 e. The summed E-state index contributed by atoms with van der Waals surface area (Å²) in [5, 5.41) is -0.732. The Hall–Kier alpha value is -3.18. The molecule has 10 nitrogen and oxygen atoms in total. The van der Waals surface area contributed by atoms with Gasteiger partial charge in [0.2, 0.25) is 10.0 Å². The smallest absolute Gasteiger partial charge is 0.410 e. The monoisotopic (exact) mass is 532 g/mol. The van der Waals surface area contributed by atoms with Crippen LogP contribution in [0.2, 0.25) is 0 Å². The van der Waals surface area contributed by atoms with E-state index in [9.17, 15) is 18.0 Å². The summed E-state index contributed by atoms with van der Waals surface area (Å²) in [6.45, 7) is 10.6. The molecule has 1 saturated heterocycles. The van der Waals surface area contributed by atoms with E-state index in [1.165, 1.54) is 13.3 Å². The van der Waals surface area contributed by atoms with Crippen molar-refractivity contribution >= 4 is 27.8 Å². The molecule has 1 unspecified atom stereocenters. The molecule has 2 aromatic rings. The zero-order valence-electron chi connectivity index (χ0n) is 22.1. The Morgan fingerprint density at radius 1 is 1.05 bits per heavy atom. The van der Waals surface area contributed by atoms with Gasteiger partial charge >= 0.3 is 12.1 Å². The van der Waals surface area contributed by atoms with E-state index in [1.807, 2.05) is 32.9 Å². The van der Waals surface area contributed by atoms with E-state index in [4.69, 9.17) is 4.74 Å². The van der Waals surface area contributed by atoms with Gasteiger partial charge in [-0.05, 0) is 57.5 Å². The van der Waals surface area contributed by atoms with Crippen molar-refractivity contribution in [3.63, 3.8) is 0 Å². The number of pyridine rings is 1. The van der Waals surface area contributed by atoms with Crippen LogP contribution in [-0.4, -0.2) is 79.4 Å². The number of anilines is 1. The molecule has 0 saturated carbocycles. The Morgan fingerprint density at radius 3 is 2.24 bits per heavy atom. The van der Waals surface area contributed by atoms with Crippen LogP contribution in [0, 0.1) is 0 Å². The molecule has 1 atom stereocenters. The van der Waals surface area contributed by atoms with Gasteiger partial charge in [-0.15, -0.1) is 0 Å². The van der Waals surface area contributed by atoms with Gasteiger partial charge in [0, 0.05) is 56.7 Å². The molecule has 0 spiro atoms. The molecule has 202 valence electrons. The number of piperazine rings is 1. The molecule has 1 fully saturated rings. The predicted molar refractivity (Wildman–Crippen MR) is 141 cm³/mol. The van der Waals surface area contributed by atoms with Gasteiger partial charge in [-0.3, -0.25) is 14.6 Å². The van der Waals surface area contributed by atoms with Crippen LogP contribution >= 0.6 is 0 Å². The number of sulfonamides is 1. The maximum atomic E-state index is 12.8. The molecule has 1 aliphatic heterocycles. The highest BCUT2D eigenvalue weighted by Crippen LogP contribution is 2.18. The van der Waals surface area contributed by atoms with Crippen molar-refractivity contribution in [1.29, 1.82) is 0 Å². The maximum absolute atomic E-state index is 12.8. The van der Waals surface area contributed by atoms with Crippen molar-refractivity contribution in [1.82, 2.24) is 14.8 Å². The zero-order chi connectivity index (χ0) is 27.2. The fourth-order valence-corrected chi connectivity index (χ4v) is 4.86. The van der Waals surface area contributed by atoms with Crippen molar-refractivity contribution in [2.75, 3.05) is 38.0 Å². The molecule has 1 aromatic carbocycles. The van der Waals surface area contributed by atoms with E-state index >= 15 is 0 Å². The van der Waals surface area contributed by atoms with Crippen molar-refractivity contribution < 1.29 is 27.5 Å². The number of ether oxygens (including phenoxy) is 2. The van der Waals surface area contributed by atoms with Crippen LogP contribution in [0.5, 0.6) is 0 Å². The lowest BCUT2D eigenvalue weighted by Gasteiger charge is -2.35. The Kier molecular flexibility index (Phi) is 9.14. The van der Waals surface area contributed by atoms with Crippen LogP contribution in [0.4, 0.5) is 10.5 Å². The van der Waals surface area contributed by atoms with Crippen LogP contribution < -0.4 is 4.72 Å². The minimum atomic E-state index is -3.65. The molecule has 3 rings (SSSR count). The number of benzene rings is 1. The number of methoxy groups -OCH3 is 1. The van der Waals surface area contributed by atoms with Gasteiger partial charge in [-0.1, -0.05) is 12.1 Å². The number of carbonyl (C=O) groups is 2. The maximum Gasteiger partial charge on any atom is 0.410 e. The van der Waals surface area contributed by atoms with E-state index in [-0.39, 0.29) is 12.5 Å². The lowest BCUT2D eigenvalue weighted by molar-refractivity contribution is 0.0139. The molecule has 0 aliphatic carbocycles. The zero-order valence-corrected chi connectivity index (χ0v) is 22.9. The Morgan fingerprint density at radius 2 is 1.70 bits per heavy atom. The third kappa shape index (κ3) is 8.43. The number of esters is 1. The fraction of sp³-hybridized carbons (Fsp3) is 0.500. The average Bonchev–Trinajstić information content (AvgIpc) is 2.84. The van der Waals surface area contributed by atoms with Crippen LogP contribution in [-0.2, 0) is 32.5 Å². The van der Waals surface area contributed by atoms with E-state index in [0.717, 1.165) is 18.7 Å². The number of nitrogens with zero attached hydrogens (tertiary/aromatic N) is 3. The highest BCUT2D eigenvalue weighted by Gasteiger charge is 2.26. The second-order valence-electron chi connectivity index (χ2n) is 10.1. The molecule has 11 heteroatoms. The van der Waals surface area contributed by atoms with Gasteiger partial charge in [-0.2, -0.15) is 0 Å². The van der Waals surface area contributed by atoms with Gasteiger partial charge in [0.25, 0.3) is 0 Å². The second-order valence-corrected chi connectivity index (χ2v) is 12.2. The second kappa shape index (κ2) is 11.9. The fourth-order valence-electron chi connectivity index (χ4n) is 3.80. The van der Waals surface area contributed by atoms with Crippen LogP contribution in [0.15, 0.2) is 42.6 Å². The number of nitrogens with one attached hydrogen (secondary N) is 1. The molecule has 0 radical (unpaired) electrons. The van der Waals surface area contributed by atoms with Crippen molar-refractivity contribution in [3.8, 4) is 0 Å². The molecule has 0 bridgehead atoms. The lowest BCUT2D eigenvalue weighted by atomic mass is 10.2. The van der Waals surface area contributed by atoms with Crippen LogP contribution in [0.25, 0.3) is 0 Å². The van der Waals surface area contributed by atoms with Crippen LogP contribution in [0.1, 0.15) is 49.3 Å². The summed E-state index contributed by atoms with van der Waals surface area (Å²) in [6, 6.07) is 10.5. The standard InChI is InChI=1S/C26H36N4O6S/c1-19(16-23-11-8-21(17-27-23)24(31)35-5)37(33,34)28-22-9-6-20(7-10-22)18-29-12-14-30(15-13-29)25(32)36-26(2,3)4/h6-11,17,19,28H,12-16,18H2,1-5H3. The topological polar surface area (TPSA) is 118 Å². The molecule has 1 amide bonds. The van der Waals surface area contributed by atoms with Gasteiger partial charge in [0.1, 0.15) is 5.60 Å². The SMILES string of the molecule is COC(=O)c1ccc(CC(C)S(=O)(=O)Nc2ccc(CN3CCN(C(=O)OC(C)(C)C)CC3)cc2)nc1. The van der Waals surface area contributed by atoms with E-state index in [1.54, 1.807) is 36.1 Å². The summed E-state index contributed by atoms with van der Waals surface area (Å²) in [6.07, 6.45) is 1.29. The number of hydrogen-bond donors (Lipinski definition) is 1. The number of amides is 1. The minimum absolute atomic E-state index is 0.199. The molecule has 37 heavy (non-hydrogen) atoms. The summed E-state index contributed by atoms with van der Waals surface area (Å²) >= 11 is 0. The Labute approximate surface area is 219 Å². The van der Waals surface area contributed by atoms with Crippen molar-refractivity contribution in [2.45, 2.75) is 51.5 Å². The third-order valence-electron chi connectivity index (χ3n) is 5.92. The van der Waals surface area contributed by atoms with Gasteiger partial charge in [0.15, 0.2) is 0 Å². The quantitative estimate of drug-likeness (QED) is 0.515. The first-order chi connectivity index (χ1) is 17.4. The van der Waals surface area contributed by atoms with Gasteiger partial charge in [-0.25, -0.2) is 18.0 Å². The molecular formula is C26H36N4O6S. The summed E-state index contributed by atoms with van der Waals surface area (Å²) in [5.41, 5.74) is 1.90. The highest BCUT2D eigenvalue weighted by molar-refractivity contribution is 7.93. The van der Waals surface area contributed by atoms with Crippen LogP contribution in [0.3, 0.4) is 0 Å². The average molecular weight is 533 g/mol. The van der Waals surface area contributed by atoms with Gasteiger partial charge in [0.05, 0.1) is 17.9 Å². The van der Waals surface area contributed by atoms with Crippen molar-refractivity contribution in [3.05, 3.63) is 59.4 Å². The van der Waals surface area contributed by atoms with Gasteiger partial charge < -0.3 is 14.4 Å². The lowest BCUT2D eigenvalue weighted by Crippen LogP contribution is -2.49. The normalized spacial score (nSPS) is 15.6.